The molecule has 2 rings (SSSR count). The highest BCUT2D eigenvalue weighted by Gasteiger charge is 2.06. The summed E-state index contributed by atoms with van der Waals surface area (Å²) in [6.45, 7) is 1.80. The molecule has 1 aromatic carbocycles. The molecule has 0 aliphatic rings. The summed E-state index contributed by atoms with van der Waals surface area (Å²) in [7, 11) is 0. The lowest BCUT2D eigenvalue weighted by atomic mass is 10.2. The van der Waals surface area contributed by atoms with Crippen LogP contribution in [0.3, 0.4) is 0 Å². The summed E-state index contributed by atoms with van der Waals surface area (Å²) in [5.41, 5.74) is 6.55. The van der Waals surface area contributed by atoms with E-state index in [9.17, 15) is 0 Å². The second kappa shape index (κ2) is 3.37. The number of nitrogens with two attached hydrogens (primary N) is 1. The maximum Gasteiger partial charge on any atom is 0.135 e. The highest BCUT2D eigenvalue weighted by Crippen LogP contribution is 2.29. The van der Waals surface area contributed by atoms with Crippen LogP contribution in [0.4, 0.5) is 5.82 Å². The van der Waals surface area contributed by atoms with E-state index in [2.05, 4.69) is 25.9 Å². The highest BCUT2D eigenvalue weighted by molar-refractivity contribution is 9.10. The molecule has 1 aromatic heterocycles. The summed E-state index contributed by atoms with van der Waals surface area (Å²) in [4.78, 5) is 8.32. The van der Waals surface area contributed by atoms with E-state index in [1.807, 2.05) is 6.07 Å². The third-order valence-electron chi connectivity index (χ3n) is 1.88. The summed E-state index contributed by atoms with van der Waals surface area (Å²) in [5, 5.41) is 1.39. The lowest BCUT2D eigenvalue weighted by Gasteiger charge is -2.04. The molecule has 0 bridgehead atoms. The second-order valence-electron chi connectivity index (χ2n) is 2.94. The number of nitrogens with zero attached hydrogens (tertiary/aromatic N) is 2. The van der Waals surface area contributed by atoms with Crippen molar-refractivity contribution in [3.8, 4) is 0 Å². The molecule has 0 fully saturated rings. The second-order valence-corrected chi connectivity index (χ2v) is 4.20. The number of rotatable bonds is 0. The maximum atomic E-state index is 5.94. The lowest BCUT2D eigenvalue weighted by Crippen LogP contribution is -1.97. The number of hydrogen-bond acceptors (Lipinski definition) is 3. The minimum atomic E-state index is 0.460. The number of hydrogen-bond donors (Lipinski definition) is 1. The molecule has 2 aromatic rings. The van der Waals surface area contributed by atoms with Crippen LogP contribution in [-0.4, -0.2) is 9.97 Å². The van der Waals surface area contributed by atoms with Gasteiger partial charge in [-0.05, 0) is 35.0 Å². The van der Waals surface area contributed by atoms with E-state index in [0.29, 0.717) is 16.7 Å². The van der Waals surface area contributed by atoms with E-state index in [0.717, 1.165) is 15.4 Å². The summed E-state index contributed by atoms with van der Waals surface area (Å²) < 4.78 is 0.809. The first kappa shape index (κ1) is 9.68. The smallest absolute Gasteiger partial charge is 0.135 e. The van der Waals surface area contributed by atoms with Crippen molar-refractivity contribution >= 4 is 44.3 Å². The molecule has 72 valence electrons. The maximum absolute atomic E-state index is 5.94. The molecule has 0 aliphatic heterocycles. The minimum Gasteiger partial charge on any atom is -0.383 e. The van der Waals surface area contributed by atoms with Gasteiger partial charge in [-0.25, -0.2) is 9.97 Å². The Morgan fingerprint density at radius 3 is 2.79 bits per heavy atom. The van der Waals surface area contributed by atoms with Crippen molar-refractivity contribution in [3.63, 3.8) is 0 Å². The Bertz CT molecular complexity index is 513. The summed E-state index contributed by atoms with van der Waals surface area (Å²) in [6, 6.07) is 3.60. The molecule has 5 heteroatoms. The SMILES string of the molecule is Cc1nc(N)c2cc(Cl)c(Br)cc2n1. The van der Waals surface area contributed by atoms with Crippen LogP contribution in [0.1, 0.15) is 5.82 Å². The molecule has 0 radical (unpaired) electrons. The van der Waals surface area contributed by atoms with Crippen LogP contribution < -0.4 is 5.73 Å². The van der Waals surface area contributed by atoms with Crippen molar-refractivity contribution in [2.75, 3.05) is 5.73 Å². The molecule has 0 unspecified atom stereocenters. The van der Waals surface area contributed by atoms with Gasteiger partial charge in [0.2, 0.25) is 0 Å². The normalized spacial score (nSPS) is 10.8. The average molecular weight is 273 g/mol. The van der Waals surface area contributed by atoms with Crippen LogP contribution in [0, 0.1) is 6.92 Å². The number of halogens is 2. The predicted octanol–water partition coefficient (Wildman–Crippen LogP) is 2.94. The van der Waals surface area contributed by atoms with Gasteiger partial charge in [-0.1, -0.05) is 11.6 Å². The van der Waals surface area contributed by atoms with E-state index in [4.69, 9.17) is 17.3 Å². The monoisotopic (exact) mass is 271 g/mol. The fourth-order valence-corrected chi connectivity index (χ4v) is 1.76. The lowest BCUT2D eigenvalue weighted by molar-refractivity contribution is 1.10. The van der Waals surface area contributed by atoms with Crippen LogP contribution >= 0.6 is 27.5 Å². The van der Waals surface area contributed by atoms with Gasteiger partial charge in [0.1, 0.15) is 11.6 Å². The zero-order valence-corrected chi connectivity index (χ0v) is 9.72. The Hall–Kier alpha value is -0.870. The van der Waals surface area contributed by atoms with Crippen molar-refractivity contribution in [1.29, 1.82) is 0 Å². The van der Waals surface area contributed by atoms with E-state index < -0.39 is 0 Å². The van der Waals surface area contributed by atoms with Crippen molar-refractivity contribution < 1.29 is 0 Å². The Morgan fingerprint density at radius 2 is 2.07 bits per heavy atom. The van der Waals surface area contributed by atoms with Gasteiger partial charge >= 0.3 is 0 Å². The van der Waals surface area contributed by atoms with Crippen LogP contribution in [0.25, 0.3) is 10.9 Å². The van der Waals surface area contributed by atoms with E-state index in [1.54, 1.807) is 13.0 Å². The quantitative estimate of drug-likeness (QED) is 0.802. The fourth-order valence-electron chi connectivity index (χ4n) is 1.27. The Balaban J connectivity index is 2.89. The first-order valence-corrected chi connectivity index (χ1v) is 5.14. The zero-order valence-electron chi connectivity index (χ0n) is 7.38. The standard InChI is InChI=1S/C9H7BrClN3/c1-4-13-8-3-6(10)7(11)2-5(8)9(12)14-4/h2-3H,1H3,(H2,12,13,14). The summed E-state index contributed by atoms with van der Waals surface area (Å²) >= 11 is 9.27. The van der Waals surface area contributed by atoms with Crippen molar-refractivity contribution in [2.24, 2.45) is 0 Å². The van der Waals surface area contributed by atoms with Crippen LogP contribution in [0.5, 0.6) is 0 Å². The van der Waals surface area contributed by atoms with Gasteiger partial charge in [0.15, 0.2) is 0 Å². The van der Waals surface area contributed by atoms with Crippen LogP contribution in [0.2, 0.25) is 5.02 Å². The molecule has 0 aliphatic carbocycles. The zero-order chi connectivity index (χ0) is 10.3. The molecular formula is C9H7BrClN3. The third kappa shape index (κ3) is 1.55. The van der Waals surface area contributed by atoms with E-state index >= 15 is 0 Å². The van der Waals surface area contributed by atoms with Crippen LogP contribution in [0.15, 0.2) is 16.6 Å². The van der Waals surface area contributed by atoms with Crippen molar-refractivity contribution in [1.82, 2.24) is 9.97 Å². The molecule has 0 spiro atoms. The molecular weight excluding hydrogens is 265 g/mol. The molecule has 0 amide bonds. The molecule has 0 saturated heterocycles. The fraction of sp³-hybridized carbons (Fsp3) is 0.111. The molecule has 2 N–H and O–H groups in total. The number of benzene rings is 1. The van der Waals surface area contributed by atoms with Gasteiger partial charge in [0.25, 0.3) is 0 Å². The van der Waals surface area contributed by atoms with Gasteiger partial charge in [-0.2, -0.15) is 0 Å². The summed E-state index contributed by atoms with van der Waals surface area (Å²) in [6.07, 6.45) is 0. The largest absolute Gasteiger partial charge is 0.383 e. The van der Waals surface area contributed by atoms with Gasteiger partial charge in [-0.3, -0.25) is 0 Å². The number of anilines is 1. The average Bonchev–Trinajstić information content (AvgIpc) is 2.08. The minimum absolute atomic E-state index is 0.460. The molecule has 1 heterocycles. The first-order chi connectivity index (χ1) is 6.58. The van der Waals surface area contributed by atoms with E-state index in [1.165, 1.54) is 0 Å². The Labute approximate surface area is 94.4 Å². The molecule has 14 heavy (non-hydrogen) atoms. The molecule has 3 nitrogen and oxygen atoms in total. The van der Waals surface area contributed by atoms with Crippen LogP contribution in [-0.2, 0) is 0 Å². The number of aryl methyl sites for hydroxylation is 1. The van der Waals surface area contributed by atoms with Gasteiger partial charge in [-0.15, -0.1) is 0 Å². The number of aromatic nitrogens is 2. The van der Waals surface area contributed by atoms with Gasteiger partial charge in [0, 0.05) is 9.86 Å². The van der Waals surface area contributed by atoms with Crippen molar-refractivity contribution in [2.45, 2.75) is 6.92 Å². The third-order valence-corrected chi connectivity index (χ3v) is 3.08. The first-order valence-electron chi connectivity index (χ1n) is 3.97. The van der Waals surface area contributed by atoms with E-state index in [-0.39, 0.29) is 0 Å². The molecule has 0 saturated carbocycles. The predicted molar refractivity (Wildman–Crippen MR) is 61.4 cm³/mol. The highest BCUT2D eigenvalue weighted by atomic mass is 79.9. The molecule has 0 atom stereocenters. The Morgan fingerprint density at radius 1 is 1.36 bits per heavy atom. The van der Waals surface area contributed by atoms with Gasteiger partial charge in [0.05, 0.1) is 10.5 Å². The Kier molecular flexibility index (Phi) is 2.33. The topological polar surface area (TPSA) is 51.8 Å². The number of nitrogen functional groups attached to an aromatic ring is 1. The summed E-state index contributed by atoms with van der Waals surface area (Å²) in [5.74, 6) is 1.12. The number of fused-ring (bicyclic) bond motifs is 1. The van der Waals surface area contributed by atoms with Gasteiger partial charge < -0.3 is 5.73 Å². The van der Waals surface area contributed by atoms with Crippen molar-refractivity contribution in [3.05, 3.63) is 27.5 Å².